The molecule has 1 fully saturated rings. The van der Waals surface area contributed by atoms with E-state index in [9.17, 15) is 18.0 Å². The summed E-state index contributed by atoms with van der Waals surface area (Å²) in [5.41, 5.74) is 0.125. The Hall–Kier alpha value is -1.80. The average molecular weight is 319 g/mol. The van der Waals surface area contributed by atoms with Gasteiger partial charge in [0, 0.05) is 5.69 Å². The van der Waals surface area contributed by atoms with E-state index in [1.807, 2.05) is 0 Å². The lowest BCUT2D eigenvalue weighted by molar-refractivity contribution is -0.202. The van der Waals surface area contributed by atoms with E-state index >= 15 is 0 Å². The van der Waals surface area contributed by atoms with Crippen LogP contribution in [0.1, 0.15) is 6.92 Å². The van der Waals surface area contributed by atoms with Crippen molar-refractivity contribution in [2.45, 2.75) is 25.2 Å². The number of aliphatic hydroxyl groups excluding tert-OH is 1. The van der Waals surface area contributed by atoms with Gasteiger partial charge in [0.05, 0.1) is 19.8 Å². The normalized spacial score (nSPS) is 21.7. The van der Waals surface area contributed by atoms with Crippen molar-refractivity contribution in [1.29, 1.82) is 0 Å². The Morgan fingerprint density at radius 1 is 1.27 bits per heavy atom. The van der Waals surface area contributed by atoms with Crippen LogP contribution in [0.2, 0.25) is 0 Å². The van der Waals surface area contributed by atoms with Gasteiger partial charge >= 0.3 is 6.18 Å². The van der Waals surface area contributed by atoms with E-state index in [4.69, 9.17) is 14.6 Å². The molecule has 1 saturated heterocycles. The van der Waals surface area contributed by atoms with Crippen LogP contribution in [0.15, 0.2) is 24.3 Å². The maximum absolute atomic E-state index is 13.1. The second-order valence-corrected chi connectivity index (χ2v) is 4.64. The van der Waals surface area contributed by atoms with E-state index in [0.717, 1.165) is 0 Å². The van der Waals surface area contributed by atoms with Gasteiger partial charge in [-0.25, -0.2) is 0 Å². The van der Waals surface area contributed by atoms with Gasteiger partial charge in [-0.3, -0.25) is 9.69 Å². The first-order chi connectivity index (χ1) is 10.4. The average Bonchev–Trinajstić information content (AvgIpc) is 2.45. The van der Waals surface area contributed by atoms with Crippen molar-refractivity contribution in [2.75, 3.05) is 24.7 Å². The standard InChI is InChI=1S/C14H16F3NO4/c1-2-21-10-5-3-9(4-6-10)18-12(14(15,16)17)11(13(18)20)22-8-7-19/h3-6,11-12,19H,2,7-8H2,1H3/t11-,12+/m1/s1. The topological polar surface area (TPSA) is 59.0 Å². The number of amides is 1. The van der Waals surface area contributed by atoms with Crippen molar-refractivity contribution in [3.63, 3.8) is 0 Å². The lowest BCUT2D eigenvalue weighted by Gasteiger charge is -2.46. The van der Waals surface area contributed by atoms with E-state index in [1.54, 1.807) is 6.92 Å². The number of alkyl halides is 3. The molecule has 1 aromatic carbocycles. The zero-order valence-electron chi connectivity index (χ0n) is 11.8. The summed E-state index contributed by atoms with van der Waals surface area (Å²) in [7, 11) is 0. The largest absolute Gasteiger partial charge is 0.494 e. The van der Waals surface area contributed by atoms with Crippen molar-refractivity contribution in [2.24, 2.45) is 0 Å². The number of benzene rings is 1. The van der Waals surface area contributed by atoms with Crippen LogP contribution in [0, 0.1) is 0 Å². The lowest BCUT2D eigenvalue weighted by atomic mass is 9.96. The monoisotopic (exact) mass is 319 g/mol. The molecule has 22 heavy (non-hydrogen) atoms. The summed E-state index contributed by atoms with van der Waals surface area (Å²) in [5, 5.41) is 8.63. The third-order valence-corrected chi connectivity index (χ3v) is 3.20. The number of hydrogen-bond donors (Lipinski definition) is 1. The number of halogens is 3. The number of β-lactam (4-membered cyclic amide) rings is 1. The van der Waals surface area contributed by atoms with Crippen LogP contribution < -0.4 is 9.64 Å². The number of aliphatic hydroxyl groups is 1. The molecule has 1 heterocycles. The molecule has 5 nitrogen and oxygen atoms in total. The number of carbonyl (C=O) groups excluding carboxylic acids is 1. The van der Waals surface area contributed by atoms with E-state index in [-0.39, 0.29) is 12.3 Å². The van der Waals surface area contributed by atoms with Crippen LogP contribution in [-0.4, -0.2) is 49.2 Å². The zero-order chi connectivity index (χ0) is 16.3. The van der Waals surface area contributed by atoms with E-state index in [1.165, 1.54) is 24.3 Å². The van der Waals surface area contributed by atoms with Crippen molar-refractivity contribution >= 4 is 11.6 Å². The highest BCUT2D eigenvalue weighted by Crippen LogP contribution is 2.40. The van der Waals surface area contributed by atoms with Crippen LogP contribution >= 0.6 is 0 Å². The highest BCUT2D eigenvalue weighted by molar-refractivity contribution is 6.05. The Morgan fingerprint density at radius 3 is 2.41 bits per heavy atom. The molecule has 0 bridgehead atoms. The molecule has 0 radical (unpaired) electrons. The highest BCUT2D eigenvalue weighted by atomic mass is 19.4. The van der Waals surface area contributed by atoms with Gasteiger partial charge in [-0.2, -0.15) is 13.2 Å². The van der Waals surface area contributed by atoms with Gasteiger partial charge in [-0.1, -0.05) is 0 Å². The number of anilines is 1. The molecule has 0 aliphatic carbocycles. The summed E-state index contributed by atoms with van der Waals surface area (Å²) >= 11 is 0. The number of nitrogens with zero attached hydrogens (tertiary/aromatic N) is 1. The van der Waals surface area contributed by atoms with Crippen LogP contribution in [0.5, 0.6) is 5.75 Å². The minimum absolute atomic E-state index is 0.125. The molecule has 2 rings (SSSR count). The fourth-order valence-corrected chi connectivity index (χ4v) is 2.28. The van der Waals surface area contributed by atoms with Crippen LogP contribution in [0.4, 0.5) is 18.9 Å². The highest BCUT2D eigenvalue weighted by Gasteiger charge is 2.62. The first kappa shape index (κ1) is 16.6. The quantitative estimate of drug-likeness (QED) is 0.812. The molecule has 0 spiro atoms. The van der Waals surface area contributed by atoms with Crippen LogP contribution in [0.25, 0.3) is 0 Å². The first-order valence-electron chi connectivity index (χ1n) is 6.75. The molecule has 1 amide bonds. The predicted octanol–water partition coefficient (Wildman–Crippen LogP) is 1.74. The zero-order valence-corrected chi connectivity index (χ0v) is 11.8. The maximum Gasteiger partial charge on any atom is 0.412 e. The fourth-order valence-electron chi connectivity index (χ4n) is 2.28. The van der Waals surface area contributed by atoms with Gasteiger partial charge in [-0.15, -0.1) is 0 Å². The molecule has 0 saturated carbocycles. The van der Waals surface area contributed by atoms with Gasteiger partial charge < -0.3 is 14.6 Å². The van der Waals surface area contributed by atoms with E-state index in [0.29, 0.717) is 17.3 Å². The Kier molecular flexibility index (Phi) is 4.92. The number of hydrogen-bond acceptors (Lipinski definition) is 4. The van der Waals surface area contributed by atoms with Gasteiger partial charge in [0.25, 0.3) is 5.91 Å². The fraction of sp³-hybridized carbons (Fsp3) is 0.500. The molecule has 122 valence electrons. The van der Waals surface area contributed by atoms with Crippen molar-refractivity contribution < 1.29 is 32.5 Å². The van der Waals surface area contributed by atoms with Crippen molar-refractivity contribution in [1.82, 2.24) is 0 Å². The maximum atomic E-state index is 13.1. The molecule has 1 aromatic rings. The predicted molar refractivity (Wildman–Crippen MR) is 71.8 cm³/mol. The molecule has 1 aliphatic heterocycles. The molecular formula is C14H16F3NO4. The Labute approximate surface area is 125 Å². The van der Waals surface area contributed by atoms with Crippen LogP contribution in [-0.2, 0) is 9.53 Å². The summed E-state index contributed by atoms with van der Waals surface area (Å²) in [4.78, 5) is 12.6. The van der Waals surface area contributed by atoms with Gasteiger partial charge in [0.1, 0.15) is 5.75 Å². The molecule has 2 atom stereocenters. The molecular weight excluding hydrogens is 303 g/mol. The number of carbonyl (C=O) groups is 1. The van der Waals surface area contributed by atoms with Gasteiger partial charge in [-0.05, 0) is 31.2 Å². The SMILES string of the molecule is CCOc1ccc(N2C(=O)[C@H](OCCO)[C@H]2C(F)(F)F)cc1. The third kappa shape index (κ3) is 3.17. The molecule has 0 unspecified atom stereocenters. The van der Waals surface area contributed by atoms with Gasteiger partial charge in [0.15, 0.2) is 12.1 Å². The molecule has 0 aromatic heterocycles. The minimum atomic E-state index is -4.62. The second kappa shape index (κ2) is 6.53. The Morgan fingerprint density at radius 2 is 1.91 bits per heavy atom. The lowest BCUT2D eigenvalue weighted by Crippen LogP contribution is -2.71. The number of rotatable bonds is 6. The summed E-state index contributed by atoms with van der Waals surface area (Å²) in [6.45, 7) is 1.46. The van der Waals surface area contributed by atoms with E-state index in [2.05, 4.69) is 0 Å². The molecule has 1 N–H and O–H groups in total. The van der Waals surface area contributed by atoms with Crippen LogP contribution in [0.3, 0.4) is 0 Å². The summed E-state index contributed by atoms with van der Waals surface area (Å²) in [5.74, 6) is -0.268. The first-order valence-corrected chi connectivity index (χ1v) is 6.75. The second-order valence-electron chi connectivity index (χ2n) is 4.64. The van der Waals surface area contributed by atoms with Gasteiger partial charge in [0.2, 0.25) is 0 Å². The van der Waals surface area contributed by atoms with Crippen molar-refractivity contribution in [3.8, 4) is 5.75 Å². The summed E-state index contributed by atoms with van der Waals surface area (Å²) < 4.78 is 49.4. The summed E-state index contributed by atoms with van der Waals surface area (Å²) in [6.07, 6.45) is -6.23. The van der Waals surface area contributed by atoms with Crippen molar-refractivity contribution in [3.05, 3.63) is 24.3 Å². The minimum Gasteiger partial charge on any atom is -0.494 e. The smallest absolute Gasteiger partial charge is 0.412 e. The Balaban J connectivity index is 2.19. The van der Waals surface area contributed by atoms with E-state index < -0.39 is 30.8 Å². The number of ether oxygens (including phenoxy) is 2. The third-order valence-electron chi connectivity index (χ3n) is 3.20. The molecule has 1 aliphatic rings. The molecule has 8 heteroatoms. The Bertz CT molecular complexity index is 518. The summed E-state index contributed by atoms with van der Waals surface area (Å²) in [6, 6.07) is 3.74.